The highest BCUT2D eigenvalue weighted by Gasteiger charge is 2.24. The van der Waals surface area contributed by atoms with Gasteiger partial charge in [-0.2, -0.15) is 5.26 Å². The lowest BCUT2D eigenvalue weighted by atomic mass is 9.99. The van der Waals surface area contributed by atoms with Gasteiger partial charge in [-0.1, -0.05) is 42.5 Å². The SMILES string of the molecule is N#CC(CN1CC(=O)Nc2ccccc21)c1ccccc1. The maximum Gasteiger partial charge on any atom is 0.243 e. The molecule has 0 aliphatic carbocycles. The third kappa shape index (κ3) is 2.72. The lowest BCUT2D eigenvalue weighted by Gasteiger charge is -2.32. The molecule has 1 aliphatic rings. The van der Waals surface area contributed by atoms with E-state index in [0.29, 0.717) is 6.54 Å². The Hall–Kier alpha value is -2.80. The van der Waals surface area contributed by atoms with Gasteiger partial charge in [0.05, 0.1) is 29.9 Å². The summed E-state index contributed by atoms with van der Waals surface area (Å²) in [5.41, 5.74) is 2.75. The number of amides is 1. The van der Waals surface area contributed by atoms with Crippen molar-refractivity contribution in [1.82, 2.24) is 0 Å². The summed E-state index contributed by atoms with van der Waals surface area (Å²) in [5, 5.41) is 12.3. The molecule has 0 radical (unpaired) electrons. The molecule has 2 aromatic rings. The number of nitrogens with one attached hydrogen (secondary N) is 1. The van der Waals surface area contributed by atoms with Crippen LogP contribution in [0.3, 0.4) is 0 Å². The Balaban J connectivity index is 1.88. The number of nitriles is 1. The zero-order valence-electron chi connectivity index (χ0n) is 11.5. The number of fused-ring (bicyclic) bond motifs is 1. The maximum absolute atomic E-state index is 11.8. The van der Waals surface area contributed by atoms with Crippen molar-refractivity contribution in [1.29, 1.82) is 5.26 Å². The molecule has 1 N–H and O–H groups in total. The summed E-state index contributed by atoms with van der Waals surface area (Å²) in [5.74, 6) is -0.302. The molecule has 104 valence electrons. The highest BCUT2D eigenvalue weighted by molar-refractivity contribution is 6.01. The van der Waals surface area contributed by atoms with Crippen molar-refractivity contribution in [3.8, 4) is 6.07 Å². The van der Waals surface area contributed by atoms with E-state index in [9.17, 15) is 10.1 Å². The van der Waals surface area contributed by atoms with Crippen LogP contribution in [-0.4, -0.2) is 19.0 Å². The normalized spacial score (nSPS) is 14.8. The van der Waals surface area contributed by atoms with Gasteiger partial charge >= 0.3 is 0 Å². The van der Waals surface area contributed by atoms with Gasteiger partial charge in [-0.25, -0.2) is 0 Å². The predicted octanol–water partition coefficient (Wildman–Crippen LogP) is 2.75. The van der Waals surface area contributed by atoms with Crippen LogP contribution in [-0.2, 0) is 4.79 Å². The quantitative estimate of drug-likeness (QED) is 0.938. The van der Waals surface area contributed by atoms with Gasteiger partial charge in [0.25, 0.3) is 0 Å². The van der Waals surface area contributed by atoms with Crippen LogP contribution in [0.4, 0.5) is 11.4 Å². The van der Waals surface area contributed by atoms with E-state index in [-0.39, 0.29) is 18.4 Å². The molecule has 3 rings (SSSR count). The monoisotopic (exact) mass is 277 g/mol. The van der Waals surface area contributed by atoms with Gasteiger partial charge < -0.3 is 10.2 Å². The first-order chi connectivity index (χ1) is 10.3. The second kappa shape index (κ2) is 5.68. The minimum absolute atomic E-state index is 0.0431. The molecule has 0 bridgehead atoms. The Morgan fingerprint density at radius 2 is 1.86 bits per heavy atom. The van der Waals surface area contributed by atoms with Gasteiger partial charge in [-0.05, 0) is 17.7 Å². The standard InChI is InChI=1S/C17H15N3O/c18-10-14(13-6-2-1-3-7-13)11-20-12-17(21)19-15-8-4-5-9-16(15)20/h1-9,14H,11-12H2,(H,19,21). The number of carbonyl (C=O) groups is 1. The van der Waals surface area contributed by atoms with E-state index in [1.165, 1.54) is 0 Å². The number of para-hydroxylation sites is 2. The third-order valence-electron chi connectivity index (χ3n) is 3.61. The number of nitrogens with zero attached hydrogens (tertiary/aromatic N) is 2. The van der Waals surface area contributed by atoms with Gasteiger partial charge in [0.1, 0.15) is 0 Å². The fourth-order valence-electron chi connectivity index (χ4n) is 2.59. The first-order valence-electron chi connectivity index (χ1n) is 6.86. The number of rotatable bonds is 3. The Labute approximate surface area is 123 Å². The van der Waals surface area contributed by atoms with Crippen molar-refractivity contribution in [2.75, 3.05) is 23.3 Å². The summed E-state index contributed by atoms with van der Waals surface area (Å²) < 4.78 is 0. The van der Waals surface area contributed by atoms with Gasteiger partial charge in [0.2, 0.25) is 5.91 Å². The minimum atomic E-state index is -0.259. The molecule has 1 aliphatic heterocycles. The van der Waals surface area contributed by atoms with E-state index < -0.39 is 0 Å². The lowest BCUT2D eigenvalue weighted by molar-refractivity contribution is -0.115. The molecule has 0 saturated carbocycles. The van der Waals surface area contributed by atoms with Crippen molar-refractivity contribution in [3.63, 3.8) is 0 Å². The van der Waals surface area contributed by atoms with Crippen LogP contribution in [0.1, 0.15) is 11.5 Å². The summed E-state index contributed by atoms with van der Waals surface area (Å²) >= 11 is 0. The Morgan fingerprint density at radius 1 is 1.14 bits per heavy atom. The van der Waals surface area contributed by atoms with Crippen molar-refractivity contribution in [2.24, 2.45) is 0 Å². The summed E-state index contributed by atoms with van der Waals surface area (Å²) in [6, 6.07) is 19.7. The second-order valence-corrected chi connectivity index (χ2v) is 5.04. The van der Waals surface area contributed by atoms with Gasteiger partial charge in [0, 0.05) is 6.54 Å². The average Bonchev–Trinajstić information content (AvgIpc) is 2.53. The summed E-state index contributed by atoms with van der Waals surface area (Å²) in [7, 11) is 0. The second-order valence-electron chi connectivity index (χ2n) is 5.04. The molecule has 1 atom stereocenters. The Kier molecular flexibility index (Phi) is 3.57. The number of hydrogen-bond donors (Lipinski definition) is 1. The van der Waals surface area contributed by atoms with Gasteiger partial charge in [0.15, 0.2) is 0 Å². The molecular weight excluding hydrogens is 262 g/mol. The van der Waals surface area contributed by atoms with Crippen LogP contribution in [0.5, 0.6) is 0 Å². The van der Waals surface area contributed by atoms with Crippen molar-refractivity contribution in [3.05, 3.63) is 60.2 Å². The fourth-order valence-corrected chi connectivity index (χ4v) is 2.59. The molecule has 0 fully saturated rings. The van der Waals surface area contributed by atoms with E-state index in [1.807, 2.05) is 59.5 Å². The molecule has 0 spiro atoms. The van der Waals surface area contributed by atoms with Crippen molar-refractivity contribution >= 4 is 17.3 Å². The number of carbonyl (C=O) groups excluding carboxylic acids is 1. The zero-order chi connectivity index (χ0) is 14.7. The van der Waals surface area contributed by atoms with Crippen LogP contribution in [0.2, 0.25) is 0 Å². The fraction of sp³-hybridized carbons (Fsp3) is 0.176. The van der Waals surface area contributed by atoms with Gasteiger partial charge in [-0.3, -0.25) is 4.79 Å². The molecule has 1 amide bonds. The first-order valence-corrected chi connectivity index (χ1v) is 6.86. The number of hydrogen-bond acceptors (Lipinski definition) is 3. The van der Waals surface area contributed by atoms with Crippen LogP contribution in [0, 0.1) is 11.3 Å². The predicted molar refractivity (Wildman–Crippen MR) is 82.1 cm³/mol. The molecule has 1 unspecified atom stereocenters. The van der Waals surface area contributed by atoms with Crippen molar-refractivity contribution in [2.45, 2.75) is 5.92 Å². The topological polar surface area (TPSA) is 56.1 Å². The van der Waals surface area contributed by atoms with E-state index in [1.54, 1.807) is 0 Å². The minimum Gasteiger partial charge on any atom is -0.359 e. The van der Waals surface area contributed by atoms with E-state index >= 15 is 0 Å². The molecular formula is C17H15N3O. The Morgan fingerprint density at radius 3 is 2.62 bits per heavy atom. The van der Waals surface area contributed by atoms with E-state index in [0.717, 1.165) is 16.9 Å². The molecule has 4 heteroatoms. The van der Waals surface area contributed by atoms with E-state index in [2.05, 4.69) is 11.4 Å². The molecule has 2 aromatic carbocycles. The molecule has 21 heavy (non-hydrogen) atoms. The lowest BCUT2D eigenvalue weighted by Crippen LogP contribution is -2.40. The highest BCUT2D eigenvalue weighted by atomic mass is 16.2. The van der Waals surface area contributed by atoms with Crippen LogP contribution < -0.4 is 10.2 Å². The molecule has 0 aromatic heterocycles. The zero-order valence-corrected chi connectivity index (χ0v) is 11.5. The molecule has 0 saturated heterocycles. The maximum atomic E-state index is 11.8. The largest absolute Gasteiger partial charge is 0.359 e. The third-order valence-corrected chi connectivity index (χ3v) is 3.61. The first kappa shape index (κ1) is 13.2. The summed E-state index contributed by atoms with van der Waals surface area (Å²) in [6.07, 6.45) is 0. The smallest absolute Gasteiger partial charge is 0.243 e. The highest BCUT2D eigenvalue weighted by Crippen LogP contribution is 2.30. The van der Waals surface area contributed by atoms with Crippen molar-refractivity contribution < 1.29 is 4.79 Å². The Bertz CT molecular complexity index is 691. The number of benzene rings is 2. The average molecular weight is 277 g/mol. The van der Waals surface area contributed by atoms with Crippen LogP contribution in [0.15, 0.2) is 54.6 Å². The summed E-state index contributed by atoms with van der Waals surface area (Å²) in [6.45, 7) is 0.785. The summed E-state index contributed by atoms with van der Waals surface area (Å²) in [4.78, 5) is 13.8. The number of anilines is 2. The van der Waals surface area contributed by atoms with Gasteiger partial charge in [-0.15, -0.1) is 0 Å². The molecule has 4 nitrogen and oxygen atoms in total. The van der Waals surface area contributed by atoms with Crippen LogP contribution >= 0.6 is 0 Å². The van der Waals surface area contributed by atoms with Crippen LogP contribution in [0.25, 0.3) is 0 Å². The molecule has 1 heterocycles. The van der Waals surface area contributed by atoms with E-state index in [4.69, 9.17) is 0 Å².